The number of nitrogens with zero attached hydrogens (tertiary/aromatic N) is 1. The standard InChI is InChI=1S/C25H29NO4/c1-18(29-20-13-15-21(16-14-20)30-25-17-26(25)3)9-5-4-6-12-24(28)23-11-8-7-10-22(23)19(2)27/h4,6-8,10-11,13-16,19,25,27H,1,5,9,12,17H2,2-3H3/b6-4+. The zero-order valence-electron chi connectivity index (χ0n) is 17.6. The number of benzene rings is 2. The van der Waals surface area contributed by atoms with Crippen molar-refractivity contribution in [2.45, 2.75) is 38.5 Å². The van der Waals surface area contributed by atoms with E-state index >= 15 is 0 Å². The molecule has 0 aliphatic carbocycles. The molecule has 2 aromatic carbocycles. The Kier molecular flexibility index (Phi) is 7.44. The van der Waals surface area contributed by atoms with E-state index in [2.05, 4.69) is 11.5 Å². The lowest BCUT2D eigenvalue weighted by Crippen LogP contribution is -2.05. The van der Waals surface area contributed by atoms with Crippen LogP contribution in [0.25, 0.3) is 0 Å². The molecule has 1 N–H and O–H groups in total. The molecule has 1 heterocycles. The third-order valence-corrected chi connectivity index (χ3v) is 4.93. The van der Waals surface area contributed by atoms with Crippen molar-refractivity contribution in [1.82, 2.24) is 4.90 Å². The van der Waals surface area contributed by atoms with Gasteiger partial charge in [-0.05, 0) is 50.2 Å². The number of likely N-dealkylation sites (N-methyl/N-ethyl adjacent to an activating group) is 1. The predicted octanol–water partition coefficient (Wildman–Crippen LogP) is 4.89. The number of aliphatic hydroxyl groups excluding tert-OH is 1. The Morgan fingerprint density at radius 2 is 1.87 bits per heavy atom. The highest BCUT2D eigenvalue weighted by atomic mass is 16.5. The summed E-state index contributed by atoms with van der Waals surface area (Å²) in [7, 11) is 2.02. The fraction of sp³-hybridized carbons (Fsp3) is 0.320. The van der Waals surface area contributed by atoms with Gasteiger partial charge >= 0.3 is 0 Å². The molecular weight excluding hydrogens is 378 g/mol. The second kappa shape index (κ2) is 10.2. The Morgan fingerprint density at radius 3 is 2.53 bits per heavy atom. The summed E-state index contributed by atoms with van der Waals surface area (Å²) in [5.74, 6) is 2.22. The van der Waals surface area contributed by atoms with E-state index in [9.17, 15) is 9.90 Å². The van der Waals surface area contributed by atoms with Crippen LogP contribution in [0.2, 0.25) is 0 Å². The van der Waals surface area contributed by atoms with Crippen molar-refractivity contribution in [2.24, 2.45) is 0 Å². The molecule has 30 heavy (non-hydrogen) atoms. The number of carbonyl (C=O) groups excluding carboxylic acids is 1. The summed E-state index contributed by atoms with van der Waals surface area (Å²) >= 11 is 0. The van der Waals surface area contributed by atoms with Crippen LogP contribution in [0.4, 0.5) is 0 Å². The van der Waals surface area contributed by atoms with E-state index in [0.29, 0.717) is 29.7 Å². The van der Waals surface area contributed by atoms with Crippen LogP contribution in [0.3, 0.4) is 0 Å². The van der Waals surface area contributed by atoms with E-state index in [0.717, 1.165) is 24.5 Å². The monoisotopic (exact) mass is 407 g/mol. The molecule has 1 saturated heterocycles. The molecule has 0 bridgehead atoms. The van der Waals surface area contributed by atoms with Crippen LogP contribution in [-0.4, -0.2) is 35.6 Å². The van der Waals surface area contributed by atoms with E-state index < -0.39 is 6.10 Å². The van der Waals surface area contributed by atoms with Crippen LogP contribution in [0.1, 0.15) is 48.2 Å². The number of hydrogen-bond donors (Lipinski definition) is 1. The van der Waals surface area contributed by atoms with Crippen LogP contribution in [0, 0.1) is 0 Å². The summed E-state index contributed by atoms with van der Waals surface area (Å²) in [4.78, 5) is 14.5. The number of Topliss-reactive ketones (excluding diaryl/α,β-unsaturated/α-hetero) is 1. The van der Waals surface area contributed by atoms with Crippen LogP contribution >= 0.6 is 0 Å². The molecule has 1 aliphatic heterocycles. The summed E-state index contributed by atoms with van der Waals surface area (Å²) in [6.45, 7) is 6.59. The van der Waals surface area contributed by atoms with E-state index in [1.165, 1.54) is 0 Å². The average molecular weight is 408 g/mol. The van der Waals surface area contributed by atoms with E-state index in [-0.39, 0.29) is 12.0 Å². The van der Waals surface area contributed by atoms with Crippen molar-refractivity contribution in [3.05, 3.63) is 84.1 Å². The maximum absolute atomic E-state index is 12.4. The second-order valence-electron chi connectivity index (χ2n) is 7.52. The molecule has 3 atom stereocenters. The van der Waals surface area contributed by atoms with E-state index in [1.54, 1.807) is 19.1 Å². The minimum Gasteiger partial charge on any atom is -0.474 e. The Labute approximate surface area is 178 Å². The topological polar surface area (TPSA) is 58.8 Å². The third kappa shape index (κ3) is 6.31. The fourth-order valence-electron chi connectivity index (χ4n) is 3.07. The van der Waals surface area contributed by atoms with Gasteiger partial charge in [-0.15, -0.1) is 0 Å². The van der Waals surface area contributed by atoms with Gasteiger partial charge in [-0.3, -0.25) is 9.69 Å². The molecule has 3 unspecified atom stereocenters. The predicted molar refractivity (Wildman–Crippen MR) is 118 cm³/mol. The first-order valence-corrected chi connectivity index (χ1v) is 10.2. The van der Waals surface area contributed by atoms with Gasteiger partial charge in [0.25, 0.3) is 0 Å². The Hall–Kier alpha value is -2.89. The van der Waals surface area contributed by atoms with Crippen molar-refractivity contribution in [3.63, 3.8) is 0 Å². The Bertz CT molecular complexity index is 902. The van der Waals surface area contributed by atoms with Crippen molar-refractivity contribution in [3.8, 4) is 11.5 Å². The zero-order valence-corrected chi connectivity index (χ0v) is 17.6. The highest BCUT2D eigenvalue weighted by Gasteiger charge is 2.31. The van der Waals surface area contributed by atoms with Gasteiger partial charge in [-0.1, -0.05) is 43.0 Å². The number of aliphatic hydroxyl groups is 1. The molecule has 0 spiro atoms. The lowest BCUT2D eigenvalue weighted by atomic mass is 9.98. The van der Waals surface area contributed by atoms with Gasteiger partial charge in [-0.2, -0.15) is 0 Å². The summed E-state index contributed by atoms with van der Waals surface area (Å²) in [6, 6.07) is 14.7. The quantitative estimate of drug-likeness (QED) is 0.249. The highest BCUT2D eigenvalue weighted by Crippen LogP contribution is 2.24. The molecule has 0 amide bonds. The lowest BCUT2D eigenvalue weighted by molar-refractivity contribution is 0.0989. The van der Waals surface area contributed by atoms with Gasteiger partial charge in [-0.25, -0.2) is 0 Å². The molecule has 0 radical (unpaired) electrons. The van der Waals surface area contributed by atoms with E-state index in [4.69, 9.17) is 9.47 Å². The highest BCUT2D eigenvalue weighted by molar-refractivity contribution is 5.98. The van der Waals surface area contributed by atoms with Gasteiger partial charge in [0, 0.05) is 18.4 Å². The first-order chi connectivity index (χ1) is 14.4. The number of ketones is 1. The number of carbonyl (C=O) groups is 1. The lowest BCUT2D eigenvalue weighted by Gasteiger charge is -2.10. The normalized spacial score (nSPS) is 18.8. The Balaban J connectivity index is 1.39. The summed E-state index contributed by atoms with van der Waals surface area (Å²) in [6.07, 6.45) is 5.04. The summed E-state index contributed by atoms with van der Waals surface area (Å²) in [5.41, 5.74) is 1.24. The first kappa shape index (κ1) is 21.8. The molecule has 1 fully saturated rings. The van der Waals surface area contributed by atoms with Crippen molar-refractivity contribution in [1.29, 1.82) is 0 Å². The van der Waals surface area contributed by atoms with Gasteiger partial charge < -0.3 is 14.6 Å². The molecule has 5 nitrogen and oxygen atoms in total. The SMILES string of the molecule is C=C(CC/C=C/CC(=O)c1ccccc1C(C)O)Oc1ccc(OC2CN2C)cc1. The van der Waals surface area contributed by atoms with Gasteiger partial charge in [0.15, 0.2) is 12.0 Å². The average Bonchev–Trinajstić information content (AvgIpc) is 3.43. The third-order valence-electron chi connectivity index (χ3n) is 4.93. The number of rotatable bonds is 11. The number of ether oxygens (including phenoxy) is 2. The molecule has 2 aromatic rings. The molecule has 0 aromatic heterocycles. The number of hydrogen-bond acceptors (Lipinski definition) is 5. The van der Waals surface area contributed by atoms with Crippen LogP contribution < -0.4 is 9.47 Å². The van der Waals surface area contributed by atoms with Gasteiger partial charge in [0.05, 0.1) is 18.4 Å². The van der Waals surface area contributed by atoms with Crippen LogP contribution in [-0.2, 0) is 0 Å². The first-order valence-electron chi connectivity index (χ1n) is 10.2. The van der Waals surface area contributed by atoms with Crippen molar-refractivity contribution >= 4 is 5.78 Å². The maximum Gasteiger partial charge on any atom is 0.166 e. The second-order valence-corrected chi connectivity index (χ2v) is 7.52. The molecule has 1 aliphatic rings. The summed E-state index contributed by atoms with van der Waals surface area (Å²) < 4.78 is 11.5. The number of allylic oxidation sites excluding steroid dienone is 3. The molecule has 5 heteroatoms. The largest absolute Gasteiger partial charge is 0.474 e. The molecular formula is C25H29NO4. The molecule has 158 valence electrons. The Morgan fingerprint density at radius 1 is 1.20 bits per heavy atom. The maximum atomic E-state index is 12.4. The van der Waals surface area contributed by atoms with Crippen molar-refractivity contribution < 1.29 is 19.4 Å². The molecule has 3 rings (SSSR count). The zero-order chi connectivity index (χ0) is 21.5. The van der Waals surface area contributed by atoms with Gasteiger partial charge in [0.1, 0.15) is 11.5 Å². The molecule has 0 saturated carbocycles. The van der Waals surface area contributed by atoms with E-state index in [1.807, 2.05) is 55.6 Å². The minimum absolute atomic E-state index is 0.00229. The van der Waals surface area contributed by atoms with Crippen LogP contribution in [0.5, 0.6) is 11.5 Å². The van der Waals surface area contributed by atoms with Crippen LogP contribution in [0.15, 0.2) is 73.0 Å². The van der Waals surface area contributed by atoms with Crippen molar-refractivity contribution in [2.75, 3.05) is 13.6 Å². The minimum atomic E-state index is -0.662. The van der Waals surface area contributed by atoms with Gasteiger partial charge in [0.2, 0.25) is 0 Å². The summed E-state index contributed by atoms with van der Waals surface area (Å²) in [5, 5.41) is 9.81. The smallest absolute Gasteiger partial charge is 0.166 e. The fourth-order valence-corrected chi connectivity index (χ4v) is 3.07.